The molecule has 0 amide bonds. The van der Waals surface area contributed by atoms with Gasteiger partial charge in [-0.15, -0.1) is 0 Å². The monoisotopic (exact) mass is 298 g/mol. The van der Waals surface area contributed by atoms with Gasteiger partial charge in [-0.3, -0.25) is 10.1 Å². The van der Waals surface area contributed by atoms with Gasteiger partial charge in [-0.1, -0.05) is 53.8 Å². The fourth-order valence-corrected chi connectivity index (χ4v) is 3.07. The third-order valence-corrected chi connectivity index (χ3v) is 4.27. The summed E-state index contributed by atoms with van der Waals surface area (Å²) in [6, 6.07) is 16.2. The van der Waals surface area contributed by atoms with Crippen molar-refractivity contribution in [1.29, 1.82) is 0 Å². The number of thiophene rings is 1. The maximum Gasteiger partial charge on any atom is 0.324 e. The molecule has 1 heterocycles. The summed E-state index contributed by atoms with van der Waals surface area (Å²) in [7, 11) is 0. The van der Waals surface area contributed by atoms with Crippen LogP contribution in [0.25, 0.3) is 10.8 Å². The van der Waals surface area contributed by atoms with Crippen molar-refractivity contribution in [2.75, 3.05) is 0 Å². The number of hydrogen-bond donors (Lipinski definition) is 1. The molecule has 0 saturated carbocycles. The maximum atomic E-state index is 10.7. The molecule has 0 atom stereocenters. The van der Waals surface area contributed by atoms with Crippen LogP contribution in [0.1, 0.15) is 11.1 Å². The molecule has 5 heteroatoms. The number of hydrogen-bond acceptors (Lipinski definition) is 4. The van der Waals surface area contributed by atoms with Gasteiger partial charge in [-0.2, -0.15) is 0 Å². The Kier molecular flexibility index (Phi) is 3.94. The summed E-state index contributed by atoms with van der Waals surface area (Å²) in [4.78, 5) is 10.3. The SMILES string of the molecule is O=[N+]([O-])c1cc(CNCc2cccc3ccccc23)cs1. The molecule has 0 aliphatic rings. The Balaban J connectivity index is 1.68. The van der Waals surface area contributed by atoms with Crippen LogP contribution >= 0.6 is 11.3 Å². The number of nitrogens with zero attached hydrogens (tertiary/aromatic N) is 1. The number of fused-ring (bicyclic) bond motifs is 1. The van der Waals surface area contributed by atoms with Gasteiger partial charge < -0.3 is 5.32 Å². The normalized spacial score (nSPS) is 10.9. The van der Waals surface area contributed by atoms with Crippen LogP contribution in [0.15, 0.2) is 53.9 Å². The van der Waals surface area contributed by atoms with Gasteiger partial charge in [-0.05, 0) is 21.9 Å². The van der Waals surface area contributed by atoms with Crippen LogP contribution in [0.2, 0.25) is 0 Å². The van der Waals surface area contributed by atoms with Crippen LogP contribution in [0.5, 0.6) is 0 Å². The number of rotatable bonds is 5. The van der Waals surface area contributed by atoms with Gasteiger partial charge in [-0.25, -0.2) is 0 Å². The summed E-state index contributed by atoms with van der Waals surface area (Å²) in [5, 5.41) is 18.5. The van der Waals surface area contributed by atoms with E-state index in [-0.39, 0.29) is 9.92 Å². The molecule has 3 aromatic rings. The Morgan fingerprint density at radius 2 is 1.90 bits per heavy atom. The van der Waals surface area contributed by atoms with Crippen molar-refractivity contribution in [3.05, 3.63) is 75.2 Å². The van der Waals surface area contributed by atoms with Crippen LogP contribution < -0.4 is 5.32 Å². The van der Waals surface area contributed by atoms with Gasteiger partial charge in [0.05, 0.1) is 4.92 Å². The minimum Gasteiger partial charge on any atom is -0.309 e. The first kappa shape index (κ1) is 13.7. The predicted molar refractivity (Wildman–Crippen MR) is 85.5 cm³/mol. The van der Waals surface area contributed by atoms with E-state index in [0.717, 1.165) is 12.1 Å². The van der Waals surface area contributed by atoms with Crippen molar-refractivity contribution in [1.82, 2.24) is 5.32 Å². The minimum absolute atomic E-state index is 0.192. The lowest BCUT2D eigenvalue weighted by Gasteiger charge is -2.07. The zero-order chi connectivity index (χ0) is 14.7. The summed E-state index contributed by atoms with van der Waals surface area (Å²) in [6.45, 7) is 1.37. The van der Waals surface area contributed by atoms with E-state index >= 15 is 0 Å². The largest absolute Gasteiger partial charge is 0.324 e. The topological polar surface area (TPSA) is 55.2 Å². The number of benzene rings is 2. The highest BCUT2D eigenvalue weighted by Crippen LogP contribution is 2.23. The second-order valence-corrected chi connectivity index (χ2v) is 5.68. The lowest BCUT2D eigenvalue weighted by molar-refractivity contribution is -0.380. The van der Waals surface area contributed by atoms with Crippen molar-refractivity contribution in [3.63, 3.8) is 0 Å². The second kappa shape index (κ2) is 6.03. The number of nitrogens with one attached hydrogen (secondary N) is 1. The lowest BCUT2D eigenvalue weighted by atomic mass is 10.0. The molecule has 2 aromatic carbocycles. The van der Waals surface area contributed by atoms with E-state index in [2.05, 4.69) is 35.6 Å². The second-order valence-electron chi connectivity index (χ2n) is 4.79. The molecule has 1 aromatic heterocycles. The molecule has 1 N–H and O–H groups in total. The average molecular weight is 298 g/mol. The van der Waals surface area contributed by atoms with E-state index in [9.17, 15) is 10.1 Å². The molecular weight excluding hydrogens is 284 g/mol. The molecule has 21 heavy (non-hydrogen) atoms. The van der Waals surface area contributed by atoms with Crippen LogP contribution in [0.4, 0.5) is 5.00 Å². The summed E-state index contributed by atoms with van der Waals surface area (Å²) in [5.74, 6) is 0. The third-order valence-electron chi connectivity index (χ3n) is 3.34. The van der Waals surface area contributed by atoms with Crippen LogP contribution in [0, 0.1) is 10.1 Å². The van der Waals surface area contributed by atoms with E-state index in [4.69, 9.17) is 0 Å². The van der Waals surface area contributed by atoms with E-state index in [0.29, 0.717) is 6.54 Å². The molecule has 0 bridgehead atoms. The molecule has 0 spiro atoms. The predicted octanol–water partition coefficient (Wildman–Crippen LogP) is 4.10. The Bertz CT molecular complexity index is 777. The van der Waals surface area contributed by atoms with Crippen LogP contribution in [0.3, 0.4) is 0 Å². The van der Waals surface area contributed by atoms with Gasteiger partial charge in [0.25, 0.3) is 0 Å². The van der Waals surface area contributed by atoms with Gasteiger partial charge in [0, 0.05) is 24.5 Å². The highest BCUT2D eigenvalue weighted by atomic mass is 32.1. The molecule has 3 rings (SSSR count). The molecular formula is C16H14N2O2S. The van der Waals surface area contributed by atoms with Crippen molar-refractivity contribution in [2.45, 2.75) is 13.1 Å². The summed E-state index contributed by atoms with van der Waals surface area (Å²) < 4.78 is 0. The van der Waals surface area contributed by atoms with E-state index < -0.39 is 0 Å². The van der Waals surface area contributed by atoms with Gasteiger partial charge in [0.1, 0.15) is 0 Å². The van der Waals surface area contributed by atoms with Crippen LogP contribution in [-0.2, 0) is 13.1 Å². The van der Waals surface area contributed by atoms with E-state index in [1.807, 2.05) is 17.5 Å². The Hall–Kier alpha value is -2.24. The third kappa shape index (κ3) is 3.09. The van der Waals surface area contributed by atoms with Crippen molar-refractivity contribution in [2.24, 2.45) is 0 Å². The first-order valence-corrected chi connectivity index (χ1v) is 7.51. The smallest absolute Gasteiger partial charge is 0.309 e. The maximum absolute atomic E-state index is 10.7. The van der Waals surface area contributed by atoms with Gasteiger partial charge >= 0.3 is 5.00 Å². The standard InChI is InChI=1S/C16H14N2O2S/c19-18(20)16-8-12(11-21-16)9-17-10-14-6-3-5-13-4-1-2-7-15(13)14/h1-8,11,17H,9-10H2. The lowest BCUT2D eigenvalue weighted by Crippen LogP contribution is -2.12. The van der Waals surface area contributed by atoms with Crippen molar-refractivity contribution < 1.29 is 4.92 Å². The molecule has 106 valence electrons. The molecule has 0 saturated heterocycles. The van der Waals surface area contributed by atoms with Gasteiger partial charge in [0.2, 0.25) is 0 Å². The zero-order valence-corrected chi connectivity index (χ0v) is 12.1. The first-order chi connectivity index (χ1) is 10.2. The first-order valence-electron chi connectivity index (χ1n) is 6.63. The van der Waals surface area contributed by atoms with Crippen molar-refractivity contribution in [3.8, 4) is 0 Å². The average Bonchev–Trinajstić information content (AvgIpc) is 2.97. The van der Waals surface area contributed by atoms with Crippen LogP contribution in [-0.4, -0.2) is 4.92 Å². The molecule has 0 radical (unpaired) electrons. The van der Waals surface area contributed by atoms with E-state index in [1.54, 1.807) is 6.07 Å². The molecule has 0 unspecified atom stereocenters. The summed E-state index contributed by atoms with van der Waals surface area (Å²) >= 11 is 1.17. The number of nitro groups is 1. The Morgan fingerprint density at radius 3 is 2.71 bits per heavy atom. The van der Waals surface area contributed by atoms with Crippen molar-refractivity contribution >= 4 is 27.1 Å². The molecule has 4 nitrogen and oxygen atoms in total. The fraction of sp³-hybridized carbons (Fsp3) is 0.125. The Labute approximate surface area is 126 Å². The quantitative estimate of drug-likeness (QED) is 0.570. The highest BCUT2D eigenvalue weighted by Gasteiger charge is 2.09. The highest BCUT2D eigenvalue weighted by molar-refractivity contribution is 7.13. The molecule has 0 aliphatic heterocycles. The Morgan fingerprint density at radius 1 is 1.10 bits per heavy atom. The minimum atomic E-state index is -0.348. The molecule has 0 fully saturated rings. The van der Waals surface area contributed by atoms with Gasteiger partial charge in [0.15, 0.2) is 0 Å². The zero-order valence-electron chi connectivity index (χ0n) is 11.3. The van der Waals surface area contributed by atoms with E-state index in [1.165, 1.54) is 27.7 Å². The molecule has 0 aliphatic carbocycles. The fourth-order valence-electron chi connectivity index (χ4n) is 2.34. The summed E-state index contributed by atoms with van der Waals surface area (Å²) in [5.41, 5.74) is 2.18. The summed E-state index contributed by atoms with van der Waals surface area (Å²) in [6.07, 6.45) is 0.